The molecular weight excluding hydrogens is 420 g/mol. The number of hydrogen-bond acceptors (Lipinski definition) is 6. The predicted octanol–water partition coefficient (Wildman–Crippen LogP) is 3.41. The SMILES string of the molecule is C=C/C(=C\C=C/C)c1ncc(/C(C=O)=C(/C(=O)NC)c2cn(CCCO)c3ncccc23)o1. The molecule has 3 heterocycles. The van der Waals surface area contributed by atoms with E-state index in [1.54, 1.807) is 30.6 Å². The Bertz CT molecular complexity index is 1260. The van der Waals surface area contributed by atoms with E-state index >= 15 is 0 Å². The Labute approximate surface area is 191 Å². The Hall–Kier alpha value is -4.04. The number of fused-ring (bicyclic) bond motifs is 1. The normalized spacial score (nSPS) is 12.8. The van der Waals surface area contributed by atoms with Gasteiger partial charge in [-0.2, -0.15) is 0 Å². The minimum atomic E-state index is -0.450. The average molecular weight is 447 g/mol. The van der Waals surface area contributed by atoms with E-state index < -0.39 is 5.91 Å². The average Bonchev–Trinajstić information content (AvgIpc) is 3.46. The van der Waals surface area contributed by atoms with E-state index in [-0.39, 0.29) is 29.4 Å². The van der Waals surface area contributed by atoms with Crippen LogP contribution in [0.2, 0.25) is 0 Å². The second-order valence-electron chi connectivity index (χ2n) is 7.06. The molecule has 8 heteroatoms. The summed E-state index contributed by atoms with van der Waals surface area (Å²) in [6, 6.07) is 3.60. The van der Waals surface area contributed by atoms with Crippen molar-refractivity contribution < 1.29 is 19.1 Å². The van der Waals surface area contributed by atoms with Gasteiger partial charge in [0.2, 0.25) is 5.89 Å². The molecule has 0 saturated heterocycles. The van der Waals surface area contributed by atoms with Gasteiger partial charge in [0, 0.05) is 49.1 Å². The number of nitrogens with one attached hydrogen (secondary N) is 1. The number of pyridine rings is 1. The van der Waals surface area contributed by atoms with Crippen LogP contribution >= 0.6 is 0 Å². The first-order valence-electron chi connectivity index (χ1n) is 10.5. The van der Waals surface area contributed by atoms with Crippen LogP contribution in [-0.4, -0.2) is 45.5 Å². The van der Waals surface area contributed by atoms with Crippen LogP contribution in [0.25, 0.3) is 27.8 Å². The zero-order valence-electron chi connectivity index (χ0n) is 18.6. The first-order chi connectivity index (χ1) is 16.1. The Morgan fingerprint density at radius 2 is 2.18 bits per heavy atom. The Balaban J connectivity index is 2.24. The molecule has 0 spiro atoms. The summed E-state index contributed by atoms with van der Waals surface area (Å²) >= 11 is 0. The number of oxazole rings is 1. The fourth-order valence-corrected chi connectivity index (χ4v) is 3.45. The van der Waals surface area contributed by atoms with Crippen LogP contribution in [0, 0.1) is 0 Å². The second-order valence-corrected chi connectivity index (χ2v) is 7.06. The quantitative estimate of drug-likeness (QED) is 0.281. The fourth-order valence-electron chi connectivity index (χ4n) is 3.45. The van der Waals surface area contributed by atoms with Crippen LogP contribution in [0.3, 0.4) is 0 Å². The van der Waals surface area contributed by atoms with Gasteiger partial charge in [-0.05, 0) is 31.6 Å². The molecule has 0 atom stereocenters. The van der Waals surface area contributed by atoms with Crippen LogP contribution < -0.4 is 5.32 Å². The number of aliphatic hydroxyl groups excluding tert-OH is 1. The van der Waals surface area contributed by atoms with Crippen LogP contribution in [0.1, 0.15) is 30.6 Å². The fraction of sp³-hybridized carbons (Fsp3) is 0.200. The summed E-state index contributed by atoms with van der Waals surface area (Å²) in [4.78, 5) is 33.9. The maximum Gasteiger partial charge on any atom is 0.252 e. The maximum atomic E-state index is 13.0. The highest BCUT2D eigenvalue weighted by Gasteiger charge is 2.25. The predicted molar refractivity (Wildman–Crippen MR) is 128 cm³/mol. The van der Waals surface area contributed by atoms with E-state index in [9.17, 15) is 14.7 Å². The highest BCUT2D eigenvalue weighted by atomic mass is 16.4. The van der Waals surface area contributed by atoms with Gasteiger partial charge in [-0.25, -0.2) is 9.97 Å². The third-order valence-corrected chi connectivity index (χ3v) is 5.01. The molecular formula is C25H26N4O4. The minimum Gasteiger partial charge on any atom is -0.436 e. The number of aldehydes is 1. The molecule has 0 saturated carbocycles. The van der Waals surface area contributed by atoms with E-state index in [1.807, 2.05) is 29.7 Å². The van der Waals surface area contributed by atoms with Gasteiger partial charge in [-0.1, -0.05) is 24.8 Å². The van der Waals surface area contributed by atoms with Crippen molar-refractivity contribution in [3.8, 4) is 0 Å². The lowest BCUT2D eigenvalue weighted by Gasteiger charge is -2.08. The Morgan fingerprint density at radius 1 is 1.36 bits per heavy atom. The molecule has 170 valence electrons. The van der Waals surface area contributed by atoms with Crippen molar-refractivity contribution in [1.29, 1.82) is 0 Å². The van der Waals surface area contributed by atoms with Crippen molar-refractivity contribution in [3.05, 3.63) is 78.8 Å². The number of rotatable bonds is 10. The molecule has 3 aromatic rings. The van der Waals surface area contributed by atoms with Crippen LogP contribution in [0.4, 0.5) is 0 Å². The molecule has 0 aliphatic carbocycles. The van der Waals surface area contributed by atoms with Crippen molar-refractivity contribution in [3.63, 3.8) is 0 Å². The zero-order valence-corrected chi connectivity index (χ0v) is 18.6. The summed E-state index contributed by atoms with van der Waals surface area (Å²) < 4.78 is 7.71. The Kier molecular flexibility index (Phi) is 7.88. The lowest BCUT2D eigenvalue weighted by Crippen LogP contribution is -2.20. The molecule has 0 radical (unpaired) electrons. The third kappa shape index (κ3) is 4.91. The number of aromatic nitrogens is 3. The lowest BCUT2D eigenvalue weighted by molar-refractivity contribution is -0.115. The molecule has 0 aliphatic heterocycles. The topological polar surface area (TPSA) is 110 Å². The molecule has 33 heavy (non-hydrogen) atoms. The van der Waals surface area contributed by atoms with E-state index in [0.717, 1.165) is 0 Å². The van der Waals surface area contributed by atoms with E-state index in [0.29, 0.717) is 41.4 Å². The summed E-state index contributed by atoms with van der Waals surface area (Å²) in [5.74, 6) is -0.0127. The zero-order chi connectivity index (χ0) is 23.8. The lowest BCUT2D eigenvalue weighted by atomic mass is 9.98. The molecule has 1 amide bonds. The van der Waals surface area contributed by atoms with Crippen molar-refractivity contribution >= 4 is 39.9 Å². The molecule has 3 rings (SSSR count). The molecule has 3 aromatic heterocycles. The molecule has 0 unspecified atom stereocenters. The highest BCUT2D eigenvalue weighted by molar-refractivity contribution is 6.36. The molecule has 2 N–H and O–H groups in total. The number of likely N-dealkylation sites (N-methyl/N-ethyl adjacent to an activating group) is 1. The number of aliphatic hydroxyl groups is 1. The van der Waals surface area contributed by atoms with Crippen LogP contribution in [0.5, 0.6) is 0 Å². The van der Waals surface area contributed by atoms with Crippen molar-refractivity contribution in [2.24, 2.45) is 0 Å². The van der Waals surface area contributed by atoms with Crippen LogP contribution in [0.15, 0.2) is 66.0 Å². The third-order valence-electron chi connectivity index (χ3n) is 5.01. The van der Waals surface area contributed by atoms with Crippen LogP contribution in [-0.2, 0) is 16.1 Å². The van der Waals surface area contributed by atoms with Gasteiger partial charge in [0.25, 0.3) is 5.91 Å². The number of amides is 1. The molecule has 0 aliphatic rings. The summed E-state index contributed by atoms with van der Waals surface area (Å²) in [5.41, 5.74) is 2.02. The molecule has 0 fully saturated rings. The first kappa shape index (κ1) is 23.6. The largest absolute Gasteiger partial charge is 0.436 e. The standard InChI is InChI=1S/C25H26N4O4/c1-4-6-9-17(5-2)25-28-14-21(33-25)20(16-31)22(24(32)26-3)19-15-29(12-8-13-30)23-18(19)10-7-11-27-23/h4-7,9-11,14-16,30H,2,8,12-13H2,1,3H3,(H,26,32)/b6-4-,17-9+,22-20+. The molecule has 8 nitrogen and oxygen atoms in total. The van der Waals surface area contributed by atoms with Crippen molar-refractivity contribution in [2.75, 3.05) is 13.7 Å². The van der Waals surface area contributed by atoms with E-state index in [2.05, 4.69) is 21.9 Å². The Morgan fingerprint density at radius 3 is 2.85 bits per heavy atom. The van der Waals surface area contributed by atoms with Gasteiger partial charge in [-0.15, -0.1) is 0 Å². The number of nitrogens with zero attached hydrogens (tertiary/aromatic N) is 3. The number of carbonyl (C=O) groups is 2. The molecule has 0 aromatic carbocycles. The smallest absolute Gasteiger partial charge is 0.252 e. The monoisotopic (exact) mass is 446 g/mol. The van der Waals surface area contributed by atoms with E-state index in [4.69, 9.17) is 4.42 Å². The van der Waals surface area contributed by atoms with Crippen molar-refractivity contribution in [2.45, 2.75) is 19.9 Å². The number of carbonyl (C=O) groups excluding carboxylic acids is 2. The van der Waals surface area contributed by atoms with Gasteiger partial charge in [0.05, 0.1) is 17.3 Å². The van der Waals surface area contributed by atoms with Gasteiger partial charge < -0.3 is 19.4 Å². The van der Waals surface area contributed by atoms with Gasteiger partial charge in [-0.3, -0.25) is 9.59 Å². The summed E-state index contributed by atoms with van der Waals surface area (Å²) in [7, 11) is 1.50. The van der Waals surface area contributed by atoms with Crippen molar-refractivity contribution in [1.82, 2.24) is 19.9 Å². The first-order valence-corrected chi connectivity index (χ1v) is 10.5. The summed E-state index contributed by atoms with van der Waals surface area (Å²) in [5, 5.41) is 12.6. The molecule has 0 bridgehead atoms. The van der Waals surface area contributed by atoms with Gasteiger partial charge >= 0.3 is 0 Å². The number of allylic oxidation sites excluding steroid dienone is 6. The maximum absolute atomic E-state index is 13.0. The van der Waals surface area contributed by atoms with Gasteiger partial charge in [0.15, 0.2) is 12.0 Å². The summed E-state index contributed by atoms with van der Waals surface area (Å²) in [6.45, 7) is 6.18. The second kappa shape index (κ2) is 11.0. The minimum absolute atomic E-state index is 0.0206. The number of hydrogen-bond donors (Lipinski definition) is 2. The summed E-state index contributed by atoms with van der Waals surface area (Å²) in [6.07, 6.45) is 13.0. The number of aryl methyl sites for hydroxylation is 1. The van der Waals surface area contributed by atoms with E-state index in [1.165, 1.54) is 13.2 Å². The highest BCUT2D eigenvalue weighted by Crippen LogP contribution is 2.32. The van der Waals surface area contributed by atoms with Gasteiger partial charge in [0.1, 0.15) is 5.65 Å².